The first-order valence-corrected chi connectivity index (χ1v) is 11.0. The lowest BCUT2D eigenvalue weighted by Crippen LogP contribution is -2.42. The Kier molecular flexibility index (Phi) is 6.36. The Morgan fingerprint density at radius 1 is 1.18 bits per heavy atom. The molecule has 0 bridgehead atoms. The van der Waals surface area contributed by atoms with E-state index in [1.807, 2.05) is 0 Å². The normalized spacial score (nSPS) is 21.4. The molecule has 0 saturated carbocycles. The molecule has 2 fully saturated rings. The van der Waals surface area contributed by atoms with Crippen LogP contribution in [0.5, 0.6) is 0 Å². The number of aryl methyl sites for hydroxylation is 1. The van der Waals surface area contributed by atoms with Crippen LogP contribution >= 0.6 is 0 Å². The molecule has 1 atom stereocenters. The van der Waals surface area contributed by atoms with Gasteiger partial charge < -0.3 is 15.0 Å². The number of likely N-dealkylation sites (tertiary alicyclic amines) is 1. The lowest BCUT2D eigenvalue weighted by Gasteiger charge is -2.31. The molecule has 2 saturated heterocycles. The Labute approximate surface area is 165 Å². The van der Waals surface area contributed by atoms with Crippen molar-refractivity contribution in [2.75, 3.05) is 44.7 Å². The van der Waals surface area contributed by atoms with Crippen LogP contribution in [0.25, 0.3) is 0 Å². The van der Waals surface area contributed by atoms with Crippen LogP contribution in [-0.4, -0.2) is 68.8 Å². The van der Waals surface area contributed by atoms with Crippen LogP contribution in [0.15, 0.2) is 23.1 Å². The number of carbonyl (C=O) groups is 2. The van der Waals surface area contributed by atoms with Crippen LogP contribution in [-0.2, 0) is 24.3 Å². The van der Waals surface area contributed by atoms with E-state index in [-0.39, 0.29) is 22.6 Å². The highest BCUT2D eigenvalue weighted by Gasteiger charge is 2.29. The Morgan fingerprint density at radius 2 is 1.89 bits per heavy atom. The molecule has 2 heterocycles. The molecule has 0 unspecified atom stereocenters. The number of nitrogens with zero attached hydrogens (tertiary/aromatic N) is 2. The first-order valence-electron chi connectivity index (χ1n) is 9.54. The number of piperidine rings is 1. The van der Waals surface area contributed by atoms with Crippen molar-refractivity contribution in [1.82, 2.24) is 9.21 Å². The topological polar surface area (TPSA) is 96.0 Å². The first kappa shape index (κ1) is 20.8. The molecule has 8 nitrogen and oxygen atoms in total. The highest BCUT2D eigenvalue weighted by atomic mass is 32.2. The molecule has 1 aromatic carbocycles. The maximum absolute atomic E-state index is 13.0. The number of rotatable bonds is 4. The predicted molar refractivity (Wildman–Crippen MR) is 104 cm³/mol. The fraction of sp³-hybridized carbons (Fsp3) is 0.579. The fourth-order valence-electron chi connectivity index (χ4n) is 3.60. The number of nitrogens with one attached hydrogen (secondary N) is 1. The second-order valence-electron chi connectivity index (χ2n) is 7.29. The van der Waals surface area contributed by atoms with Crippen molar-refractivity contribution in [3.63, 3.8) is 0 Å². The van der Waals surface area contributed by atoms with Crippen molar-refractivity contribution in [2.45, 2.75) is 31.6 Å². The highest BCUT2D eigenvalue weighted by molar-refractivity contribution is 7.89. The summed E-state index contributed by atoms with van der Waals surface area (Å²) in [4.78, 5) is 26.1. The number of hydrogen-bond acceptors (Lipinski definition) is 5. The quantitative estimate of drug-likeness (QED) is 0.807. The zero-order valence-electron chi connectivity index (χ0n) is 16.3. The van der Waals surface area contributed by atoms with E-state index in [9.17, 15) is 18.0 Å². The summed E-state index contributed by atoms with van der Waals surface area (Å²) < 4.78 is 32.6. The number of hydrogen-bond donors (Lipinski definition) is 1. The maximum Gasteiger partial charge on any atom is 0.243 e. The van der Waals surface area contributed by atoms with Crippen LogP contribution in [0.2, 0.25) is 0 Å². The lowest BCUT2D eigenvalue weighted by molar-refractivity contribution is -0.132. The van der Waals surface area contributed by atoms with Crippen molar-refractivity contribution in [1.29, 1.82) is 0 Å². The van der Waals surface area contributed by atoms with Crippen molar-refractivity contribution in [2.24, 2.45) is 5.92 Å². The summed E-state index contributed by atoms with van der Waals surface area (Å²) in [6, 6.07) is 4.92. The van der Waals surface area contributed by atoms with Gasteiger partial charge in [0, 0.05) is 38.8 Å². The molecule has 9 heteroatoms. The third-order valence-electron chi connectivity index (χ3n) is 5.28. The Balaban J connectivity index is 1.76. The van der Waals surface area contributed by atoms with Gasteiger partial charge in [0.05, 0.1) is 24.0 Å². The van der Waals surface area contributed by atoms with Gasteiger partial charge in [0.15, 0.2) is 0 Å². The minimum atomic E-state index is -3.65. The summed E-state index contributed by atoms with van der Waals surface area (Å²) in [5.74, 6) is -0.519. The number of amides is 2. The molecule has 2 aliphatic heterocycles. The second-order valence-corrected chi connectivity index (χ2v) is 9.20. The van der Waals surface area contributed by atoms with E-state index in [1.165, 1.54) is 17.3 Å². The third kappa shape index (κ3) is 4.53. The van der Waals surface area contributed by atoms with Gasteiger partial charge in [0.2, 0.25) is 21.8 Å². The molecule has 154 valence electrons. The molecule has 2 aliphatic rings. The number of carbonyl (C=O) groups excluding carboxylic acids is 2. The van der Waals surface area contributed by atoms with E-state index in [0.717, 1.165) is 6.42 Å². The van der Waals surface area contributed by atoms with Gasteiger partial charge in [-0.1, -0.05) is 6.07 Å². The molecule has 1 N–H and O–H groups in total. The Morgan fingerprint density at radius 3 is 2.57 bits per heavy atom. The summed E-state index contributed by atoms with van der Waals surface area (Å²) in [5.41, 5.74) is 1.08. The van der Waals surface area contributed by atoms with Crippen molar-refractivity contribution < 1.29 is 22.7 Å². The van der Waals surface area contributed by atoms with Crippen LogP contribution in [0.4, 0.5) is 5.69 Å². The number of morpholine rings is 1. The standard InChI is InChI=1S/C19H27N3O5S/c1-14-5-6-17(12-18(14)28(25,26)22-8-10-27-11-9-22)20-19(24)16-4-3-7-21(13-16)15(2)23/h5-6,12,16H,3-4,7-11,13H2,1-2H3,(H,20,24)/t16-/m0/s1. The molecule has 1 aromatic rings. The smallest absolute Gasteiger partial charge is 0.243 e. The zero-order chi connectivity index (χ0) is 20.3. The summed E-state index contributed by atoms with van der Waals surface area (Å²) in [7, 11) is -3.65. The summed E-state index contributed by atoms with van der Waals surface area (Å²) in [6.45, 7) is 5.71. The maximum atomic E-state index is 13.0. The summed E-state index contributed by atoms with van der Waals surface area (Å²) >= 11 is 0. The van der Waals surface area contributed by atoms with Gasteiger partial charge >= 0.3 is 0 Å². The van der Waals surface area contributed by atoms with E-state index in [0.29, 0.717) is 57.1 Å². The monoisotopic (exact) mass is 409 g/mol. The summed E-state index contributed by atoms with van der Waals surface area (Å²) in [6.07, 6.45) is 1.49. The Hall–Kier alpha value is -1.97. The van der Waals surface area contributed by atoms with Crippen molar-refractivity contribution in [3.05, 3.63) is 23.8 Å². The van der Waals surface area contributed by atoms with Gasteiger partial charge in [-0.2, -0.15) is 4.31 Å². The van der Waals surface area contributed by atoms with Crippen LogP contribution in [0.3, 0.4) is 0 Å². The highest BCUT2D eigenvalue weighted by Crippen LogP contribution is 2.25. The summed E-state index contributed by atoms with van der Waals surface area (Å²) in [5, 5.41) is 2.83. The fourth-order valence-corrected chi connectivity index (χ4v) is 5.26. The largest absolute Gasteiger partial charge is 0.379 e. The minimum absolute atomic E-state index is 0.0354. The van der Waals surface area contributed by atoms with Crippen molar-refractivity contribution >= 4 is 27.5 Å². The lowest BCUT2D eigenvalue weighted by atomic mass is 9.97. The number of benzene rings is 1. The molecular weight excluding hydrogens is 382 g/mol. The number of sulfonamides is 1. The van der Waals surface area contributed by atoms with Gasteiger partial charge in [-0.25, -0.2) is 8.42 Å². The SMILES string of the molecule is CC(=O)N1CCC[C@H](C(=O)Nc2ccc(C)c(S(=O)(=O)N3CCOCC3)c2)C1. The third-order valence-corrected chi connectivity index (χ3v) is 7.32. The van der Waals surface area contributed by atoms with Crippen molar-refractivity contribution in [3.8, 4) is 0 Å². The van der Waals surface area contributed by atoms with Gasteiger partial charge in [-0.3, -0.25) is 9.59 Å². The van der Waals surface area contributed by atoms with E-state index in [1.54, 1.807) is 24.0 Å². The molecule has 28 heavy (non-hydrogen) atoms. The molecular formula is C19H27N3O5S. The molecule has 0 radical (unpaired) electrons. The minimum Gasteiger partial charge on any atom is -0.379 e. The van der Waals surface area contributed by atoms with Gasteiger partial charge in [0.1, 0.15) is 0 Å². The second kappa shape index (κ2) is 8.59. The molecule has 3 rings (SSSR count). The van der Waals surface area contributed by atoms with E-state index in [4.69, 9.17) is 4.74 Å². The van der Waals surface area contributed by atoms with Gasteiger partial charge in [0.25, 0.3) is 0 Å². The average Bonchev–Trinajstić information content (AvgIpc) is 2.70. The molecule has 2 amide bonds. The van der Waals surface area contributed by atoms with Crippen LogP contribution in [0.1, 0.15) is 25.3 Å². The van der Waals surface area contributed by atoms with E-state index >= 15 is 0 Å². The Bertz CT molecular complexity index is 849. The van der Waals surface area contributed by atoms with Crippen LogP contribution in [0, 0.1) is 12.8 Å². The number of ether oxygens (including phenoxy) is 1. The first-order chi connectivity index (χ1) is 13.3. The van der Waals surface area contributed by atoms with Gasteiger partial charge in [-0.15, -0.1) is 0 Å². The molecule has 0 spiro atoms. The number of anilines is 1. The van der Waals surface area contributed by atoms with Crippen LogP contribution < -0.4 is 5.32 Å². The zero-order valence-corrected chi connectivity index (χ0v) is 17.1. The van der Waals surface area contributed by atoms with Gasteiger partial charge in [-0.05, 0) is 37.5 Å². The van der Waals surface area contributed by atoms with E-state index in [2.05, 4.69) is 5.32 Å². The van der Waals surface area contributed by atoms with E-state index < -0.39 is 10.0 Å². The average molecular weight is 410 g/mol. The predicted octanol–water partition coefficient (Wildman–Crippen LogP) is 1.21. The molecule has 0 aliphatic carbocycles. The molecule has 0 aromatic heterocycles.